The fourth-order valence-corrected chi connectivity index (χ4v) is 5.81. The molecule has 0 saturated heterocycles. The van der Waals surface area contributed by atoms with Crippen LogP contribution in [0.4, 0.5) is 0 Å². The topological polar surface area (TPSA) is 71.5 Å². The van der Waals surface area contributed by atoms with E-state index in [1.54, 1.807) is 35.2 Å². The minimum Gasteiger partial charge on any atom is -0.483 e. The minimum atomic E-state index is -0.877. The van der Waals surface area contributed by atoms with Crippen molar-refractivity contribution in [3.8, 4) is 5.75 Å². The third kappa shape index (κ3) is 7.45. The van der Waals surface area contributed by atoms with Crippen molar-refractivity contribution in [3.05, 3.63) is 88.4 Å². The second-order valence-corrected chi connectivity index (χ2v) is 10.6. The van der Waals surface area contributed by atoms with Gasteiger partial charge in [0.2, 0.25) is 0 Å². The van der Waals surface area contributed by atoms with Crippen molar-refractivity contribution >= 4 is 50.9 Å². The SMILES string of the molecule is O=C(O)c1ccccc1SCCCCNCCC(Oc1ccc(Cl)cc1)c1nc2ccccc2s1. The molecule has 1 heterocycles. The van der Waals surface area contributed by atoms with Gasteiger partial charge in [-0.3, -0.25) is 0 Å². The lowest BCUT2D eigenvalue weighted by Crippen LogP contribution is -2.21. The van der Waals surface area contributed by atoms with Gasteiger partial charge in [0.15, 0.2) is 6.10 Å². The molecule has 0 saturated carbocycles. The second-order valence-electron chi connectivity index (χ2n) is 7.98. The van der Waals surface area contributed by atoms with Gasteiger partial charge in [-0.25, -0.2) is 9.78 Å². The number of thiazole rings is 1. The Hall–Kier alpha value is -2.58. The lowest BCUT2D eigenvalue weighted by Gasteiger charge is -2.17. The zero-order valence-electron chi connectivity index (χ0n) is 19.2. The first-order valence-corrected chi connectivity index (χ1v) is 13.7. The van der Waals surface area contributed by atoms with E-state index < -0.39 is 5.97 Å². The number of aromatic carboxylic acids is 1. The van der Waals surface area contributed by atoms with E-state index in [0.717, 1.165) is 64.0 Å². The molecule has 0 aliphatic rings. The van der Waals surface area contributed by atoms with Crippen LogP contribution in [0.2, 0.25) is 5.02 Å². The Morgan fingerprint density at radius 2 is 1.80 bits per heavy atom. The Bertz CT molecular complexity index is 1210. The number of para-hydroxylation sites is 1. The average Bonchev–Trinajstić information content (AvgIpc) is 3.30. The molecule has 1 aromatic heterocycles. The third-order valence-electron chi connectivity index (χ3n) is 5.38. The van der Waals surface area contributed by atoms with Gasteiger partial charge in [-0.1, -0.05) is 35.9 Å². The first-order chi connectivity index (χ1) is 17.1. The van der Waals surface area contributed by atoms with Gasteiger partial charge in [0.05, 0.1) is 15.8 Å². The summed E-state index contributed by atoms with van der Waals surface area (Å²) < 4.78 is 7.46. The second kappa shape index (κ2) is 12.9. The molecular weight excluding hydrogens is 500 g/mol. The molecule has 2 N–H and O–H groups in total. The number of rotatable bonds is 13. The van der Waals surface area contributed by atoms with E-state index in [1.165, 1.54) is 0 Å². The van der Waals surface area contributed by atoms with E-state index in [4.69, 9.17) is 21.3 Å². The van der Waals surface area contributed by atoms with Gasteiger partial charge in [-0.05, 0) is 80.2 Å². The number of carboxylic acid groups (broad SMARTS) is 1. The molecule has 0 aliphatic heterocycles. The molecule has 0 spiro atoms. The molecule has 3 aromatic carbocycles. The molecule has 5 nitrogen and oxygen atoms in total. The molecule has 35 heavy (non-hydrogen) atoms. The largest absolute Gasteiger partial charge is 0.483 e. The highest BCUT2D eigenvalue weighted by Gasteiger charge is 2.18. The smallest absolute Gasteiger partial charge is 0.336 e. The molecule has 182 valence electrons. The first-order valence-electron chi connectivity index (χ1n) is 11.5. The quantitative estimate of drug-likeness (QED) is 0.140. The summed E-state index contributed by atoms with van der Waals surface area (Å²) in [4.78, 5) is 17.0. The fourth-order valence-electron chi connectivity index (χ4n) is 3.60. The highest BCUT2D eigenvalue weighted by atomic mass is 35.5. The summed E-state index contributed by atoms with van der Waals surface area (Å²) in [7, 11) is 0. The van der Waals surface area contributed by atoms with Crippen molar-refractivity contribution in [1.29, 1.82) is 0 Å². The van der Waals surface area contributed by atoms with Crippen molar-refractivity contribution in [1.82, 2.24) is 10.3 Å². The van der Waals surface area contributed by atoms with E-state index in [-0.39, 0.29) is 6.10 Å². The molecule has 0 fully saturated rings. The van der Waals surface area contributed by atoms with Crippen molar-refractivity contribution < 1.29 is 14.6 Å². The van der Waals surface area contributed by atoms with Gasteiger partial charge in [-0.2, -0.15) is 0 Å². The summed E-state index contributed by atoms with van der Waals surface area (Å²) >= 11 is 9.30. The predicted octanol–water partition coefficient (Wildman–Crippen LogP) is 7.32. The highest BCUT2D eigenvalue weighted by Crippen LogP contribution is 2.32. The van der Waals surface area contributed by atoms with Crippen LogP contribution in [0.3, 0.4) is 0 Å². The van der Waals surface area contributed by atoms with E-state index in [9.17, 15) is 9.90 Å². The maximum absolute atomic E-state index is 11.3. The zero-order chi connectivity index (χ0) is 24.5. The Labute approximate surface area is 218 Å². The van der Waals surface area contributed by atoms with Gasteiger partial charge < -0.3 is 15.2 Å². The van der Waals surface area contributed by atoms with Crippen LogP contribution in [0.5, 0.6) is 5.75 Å². The first kappa shape index (κ1) is 25.5. The molecule has 4 aromatic rings. The van der Waals surface area contributed by atoms with Crippen LogP contribution in [-0.4, -0.2) is 34.9 Å². The summed E-state index contributed by atoms with van der Waals surface area (Å²) in [6, 6.07) is 22.7. The van der Waals surface area contributed by atoms with Crippen LogP contribution in [0.25, 0.3) is 10.2 Å². The molecule has 4 rings (SSSR count). The van der Waals surface area contributed by atoms with Gasteiger partial charge in [-0.15, -0.1) is 23.1 Å². The van der Waals surface area contributed by atoms with Crippen molar-refractivity contribution in [2.24, 2.45) is 0 Å². The maximum atomic E-state index is 11.3. The Balaban J connectivity index is 1.25. The summed E-state index contributed by atoms with van der Waals surface area (Å²) in [5.74, 6) is 0.788. The lowest BCUT2D eigenvalue weighted by molar-refractivity contribution is 0.0693. The Morgan fingerprint density at radius 3 is 2.60 bits per heavy atom. The molecular formula is C27H27ClN2O3S2. The van der Waals surface area contributed by atoms with Gasteiger partial charge in [0, 0.05) is 16.3 Å². The van der Waals surface area contributed by atoms with Crippen molar-refractivity contribution in [3.63, 3.8) is 0 Å². The number of fused-ring (bicyclic) bond motifs is 1. The summed E-state index contributed by atoms with van der Waals surface area (Å²) in [6.07, 6.45) is 2.67. The number of ether oxygens (including phenoxy) is 1. The van der Waals surface area contributed by atoms with Gasteiger partial charge >= 0.3 is 5.97 Å². The van der Waals surface area contributed by atoms with Crippen LogP contribution >= 0.6 is 34.7 Å². The third-order valence-corrected chi connectivity index (χ3v) is 7.92. The minimum absolute atomic E-state index is 0.149. The molecule has 0 aliphatic carbocycles. The summed E-state index contributed by atoms with van der Waals surface area (Å²) in [5.41, 5.74) is 1.37. The summed E-state index contributed by atoms with van der Waals surface area (Å²) in [6.45, 7) is 1.71. The monoisotopic (exact) mass is 526 g/mol. The number of nitrogens with one attached hydrogen (secondary N) is 1. The number of thioether (sulfide) groups is 1. The Kier molecular flexibility index (Phi) is 9.42. The maximum Gasteiger partial charge on any atom is 0.336 e. The number of unbranched alkanes of at least 4 members (excludes halogenated alkanes) is 1. The number of nitrogens with zero attached hydrogens (tertiary/aromatic N) is 1. The van der Waals surface area contributed by atoms with E-state index >= 15 is 0 Å². The molecule has 0 bridgehead atoms. The van der Waals surface area contributed by atoms with Crippen LogP contribution in [-0.2, 0) is 0 Å². The number of carboxylic acids is 1. The van der Waals surface area contributed by atoms with Crippen LogP contribution in [0.1, 0.15) is 40.7 Å². The van der Waals surface area contributed by atoms with Crippen LogP contribution in [0.15, 0.2) is 77.7 Å². The van der Waals surface area contributed by atoms with E-state index in [0.29, 0.717) is 10.6 Å². The number of benzene rings is 3. The normalized spacial score (nSPS) is 12.0. The van der Waals surface area contributed by atoms with Gasteiger partial charge in [0.25, 0.3) is 0 Å². The number of carbonyl (C=O) groups is 1. The van der Waals surface area contributed by atoms with Crippen LogP contribution < -0.4 is 10.1 Å². The molecule has 1 atom stereocenters. The average molecular weight is 527 g/mol. The van der Waals surface area contributed by atoms with Gasteiger partial charge in [0.1, 0.15) is 10.8 Å². The molecule has 8 heteroatoms. The van der Waals surface area contributed by atoms with E-state index in [1.807, 2.05) is 54.6 Å². The molecule has 1 unspecified atom stereocenters. The molecule has 0 amide bonds. The number of halogens is 1. The zero-order valence-corrected chi connectivity index (χ0v) is 21.5. The standard InChI is InChI=1S/C27H27ClN2O3S2/c28-19-11-13-20(14-12-19)33-23(26-30-22-8-2-4-10-25(22)35-26)15-17-29-16-5-6-18-34-24-9-3-1-7-21(24)27(31)32/h1-4,7-14,23,29H,5-6,15-18H2,(H,31,32). The van der Waals surface area contributed by atoms with E-state index in [2.05, 4.69) is 11.4 Å². The Morgan fingerprint density at radius 1 is 1.03 bits per heavy atom. The van der Waals surface area contributed by atoms with Crippen LogP contribution in [0, 0.1) is 0 Å². The lowest BCUT2D eigenvalue weighted by atomic mass is 10.2. The number of hydrogen-bond acceptors (Lipinski definition) is 6. The highest BCUT2D eigenvalue weighted by molar-refractivity contribution is 7.99. The van der Waals surface area contributed by atoms with Crippen molar-refractivity contribution in [2.45, 2.75) is 30.3 Å². The summed E-state index contributed by atoms with van der Waals surface area (Å²) in [5, 5.41) is 14.5. The predicted molar refractivity (Wildman–Crippen MR) is 145 cm³/mol. The number of aromatic nitrogens is 1. The fraction of sp³-hybridized carbons (Fsp3) is 0.259. The molecule has 0 radical (unpaired) electrons. The van der Waals surface area contributed by atoms with Crippen molar-refractivity contribution in [2.75, 3.05) is 18.8 Å². The number of hydrogen-bond donors (Lipinski definition) is 2.